The first-order valence-corrected chi connectivity index (χ1v) is 6.90. The Balaban J connectivity index is 1.94. The van der Waals surface area contributed by atoms with E-state index in [0.29, 0.717) is 37.1 Å². The van der Waals surface area contributed by atoms with Gasteiger partial charge in [0.1, 0.15) is 12.4 Å². The van der Waals surface area contributed by atoms with Crippen molar-refractivity contribution < 1.29 is 24.5 Å². The lowest BCUT2D eigenvalue weighted by Crippen LogP contribution is -2.41. The van der Waals surface area contributed by atoms with E-state index in [2.05, 4.69) is 0 Å². The Morgan fingerprint density at radius 3 is 2.62 bits per heavy atom. The van der Waals surface area contributed by atoms with Crippen LogP contribution >= 0.6 is 0 Å². The van der Waals surface area contributed by atoms with Crippen LogP contribution in [0.2, 0.25) is 0 Å². The zero-order valence-electron chi connectivity index (χ0n) is 11.9. The summed E-state index contributed by atoms with van der Waals surface area (Å²) in [6, 6.07) is 4.90. The largest absolute Gasteiger partial charge is 0.508 e. The number of phenols is 1. The fraction of sp³-hybridized carbons (Fsp3) is 0.467. The molecule has 0 aliphatic carbocycles. The summed E-state index contributed by atoms with van der Waals surface area (Å²) in [5, 5.41) is 18.2. The maximum Gasteiger partial charge on any atom is 0.329 e. The van der Waals surface area contributed by atoms with Gasteiger partial charge in [-0.05, 0) is 31.9 Å². The van der Waals surface area contributed by atoms with Gasteiger partial charge in [-0.1, -0.05) is 6.07 Å². The van der Waals surface area contributed by atoms with Gasteiger partial charge in [-0.15, -0.1) is 0 Å². The lowest BCUT2D eigenvalue weighted by Gasteiger charge is -2.32. The number of aliphatic carboxylic acids is 1. The van der Waals surface area contributed by atoms with E-state index >= 15 is 0 Å². The molecule has 0 radical (unpaired) electrons. The number of aromatic hydroxyl groups is 1. The van der Waals surface area contributed by atoms with E-state index in [1.54, 1.807) is 30.0 Å². The standard InChI is InChI=1S/C15H19NO5/c1-10-12(3-2-4-13(10)17)15(20)16-7-5-11(6-8-16)21-9-14(18)19/h2-4,11,17H,5-9H2,1H3,(H,18,19). The third-order valence-electron chi connectivity index (χ3n) is 3.71. The van der Waals surface area contributed by atoms with Crippen molar-refractivity contribution in [2.45, 2.75) is 25.9 Å². The van der Waals surface area contributed by atoms with Crippen LogP contribution in [-0.4, -0.2) is 52.8 Å². The molecule has 1 aromatic rings. The van der Waals surface area contributed by atoms with Crippen LogP contribution in [0.15, 0.2) is 18.2 Å². The van der Waals surface area contributed by atoms with E-state index in [4.69, 9.17) is 9.84 Å². The molecule has 0 bridgehead atoms. The number of carboxylic acids is 1. The number of benzene rings is 1. The van der Waals surface area contributed by atoms with Gasteiger partial charge in [-0.3, -0.25) is 4.79 Å². The normalized spacial score (nSPS) is 16.0. The second kappa shape index (κ2) is 6.58. The predicted molar refractivity (Wildman–Crippen MR) is 75.4 cm³/mol. The van der Waals surface area contributed by atoms with Crippen molar-refractivity contribution in [3.8, 4) is 5.75 Å². The molecule has 6 heteroatoms. The predicted octanol–water partition coefficient (Wildman–Crippen LogP) is 1.41. The molecule has 1 amide bonds. The second-order valence-electron chi connectivity index (χ2n) is 5.15. The Kier molecular flexibility index (Phi) is 4.80. The molecule has 1 aromatic carbocycles. The maximum atomic E-state index is 12.4. The van der Waals surface area contributed by atoms with E-state index in [1.807, 2.05) is 0 Å². The minimum atomic E-state index is -0.983. The number of nitrogens with zero attached hydrogens (tertiary/aromatic N) is 1. The highest BCUT2D eigenvalue weighted by molar-refractivity contribution is 5.96. The van der Waals surface area contributed by atoms with Crippen molar-refractivity contribution in [1.82, 2.24) is 4.90 Å². The average Bonchev–Trinajstić information content (AvgIpc) is 2.48. The van der Waals surface area contributed by atoms with E-state index in [0.717, 1.165) is 0 Å². The number of hydrogen-bond acceptors (Lipinski definition) is 4. The van der Waals surface area contributed by atoms with Gasteiger partial charge in [0.15, 0.2) is 0 Å². The molecule has 114 valence electrons. The lowest BCUT2D eigenvalue weighted by atomic mass is 10.0. The number of carboxylic acid groups (broad SMARTS) is 1. The molecule has 1 heterocycles. The summed E-state index contributed by atoms with van der Waals surface area (Å²) in [5.41, 5.74) is 1.08. The zero-order valence-corrected chi connectivity index (χ0v) is 11.9. The fourth-order valence-electron chi connectivity index (χ4n) is 2.44. The minimum Gasteiger partial charge on any atom is -0.508 e. The van der Waals surface area contributed by atoms with Gasteiger partial charge in [-0.25, -0.2) is 4.79 Å². The van der Waals surface area contributed by atoms with Crippen LogP contribution in [0.1, 0.15) is 28.8 Å². The van der Waals surface area contributed by atoms with Crippen molar-refractivity contribution in [3.05, 3.63) is 29.3 Å². The molecule has 2 N–H and O–H groups in total. The van der Waals surface area contributed by atoms with Gasteiger partial charge in [0.05, 0.1) is 6.10 Å². The summed E-state index contributed by atoms with van der Waals surface area (Å²) in [6.45, 7) is 2.46. The molecule has 1 aliphatic rings. The molecule has 0 saturated carbocycles. The Morgan fingerprint density at radius 1 is 1.33 bits per heavy atom. The van der Waals surface area contributed by atoms with Gasteiger partial charge in [0.2, 0.25) is 0 Å². The maximum absolute atomic E-state index is 12.4. The van der Waals surface area contributed by atoms with Crippen molar-refractivity contribution in [3.63, 3.8) is 0 Å². The summed E-state index contributed by atoms with van der Waals surface area (Å²) in [6.07, 6.45) is 1.13. The number of amides is 1. The molecular weight excluding hydrogens is 274 g/mol. The van der Waals surface area contributed by atoms with E-state index in [-0.39, 0.29) is 24.4 Å². The highest BCUT2D eigenvalue weighted by atomic mass is 16.5. The highest BCUT2D eigenvalue weighted by Gasteiger charge is 2.25. The minimum absolute atomic E-state index is 0.111. The monoisotopic (exact) mass is 293 g/mol. The van der Waals surface area contributed by atoms with Crippen molar-refractivity contribution in [2.75, 3.05) is 19.7 Å². The van der Waals surface area contributed by atoms with Crippen molar-refractivity contribution in [1.29, 1.82) is 0 Å². The molecule has 0 atom stereocenters. The Hall–Kier alpha value is -2.08. The van der Waals surface area contributed by atoms with Crippen LogP contribution in [0.25, 0.3) is 0 Å². The van der Waals surface area contributed by atoms with Gasteiger partial charge in [0.25, 0.3) is 5.91 Å². The van der Waals surface area contributed by atoms with Gasteiger partial charge in [0, 0.05) is 24.2 Å². The number of rotatable bonds is 4. The van der Waals surface area contributed by atoms with Crippen LogP contribution in [-0.2, 0) is 9.53 Å². The van der Waals surface area contributed by atoms with Gasteiger partial charge >= 0.3 is 5.97 Å². The molecule has 0 aromatic heterocycles. The number of carbonyl (C=O) groups is 2. The van der Waals surface area contributed by atoms with Gasteiger partial charge < -0.3 is 19.8 Å². The van der Waals surface area contributed by atoms with E-state index < -0.39 is 5.97 Å². The zero-order chi connectivity index (χ0) is 15.4. The smallest absolute Gasteiger partial charge is 0.329 e. The number of likely N-dealkylation sites (tertiary alicyclic amines) is 1. The second-order valence-corrected chi connectivity index (χ2v) is 5.15. The Bertz CT molecular complexity index is 535. The number of ether oxygens (including phenoxy) is 1. The lowest BCUT2D eigenvalue weighted by molar-refractivity contribution is -0.145. The number of hydrogen-bond donors (Lipinski definition) is 2. The number of phenolic OH excluding ortho intramolecular Hbond substituents is 1. The van der Waals surface area contributed by atoms with E-state index in [9.17, 15) is 14.7 Å². The van der Waals surface area contributed by atoms with E-state index in [1.165, 1.54) is 0 Å². The van der Waals surface area contributed by atoms with Crippen LogP contribution in [0, 0.1) is 6.92 Å². The SMILES string of the molecule is Cc1c(O)cccc1C(=O)N1CCC(OCC(=O)O)CC1. The molecule has 1 saturated heterocycles. The summed E-state index contributed by atoms with van der Waals surface area (Å²) in [5.74, 6) is -0.982. The summed E-state index contributed by atoms with van der Waals surface area (Å²) in [7, 11) is 0. The summed E-state index contributed by atoms with van der Waals surface area (Å²) < 4.78 is 5.24. The average molecular weight is 293 g/mol. The van der Waals surface area contributed by atoms with Crippen LogP contribution in [0.5, 0.6) is 5.75 Å². The van der Waals surface area contributed by atoms with Crippen LogP contribution in [0.3, 0.4) is 0 Å². The summed E-state index contributed by atoms with van der Waals surface area (Å²) in [4.78, 5) is 24.6. The summed E-state index contributed by atoms with van der Waals surface area (Å²) >= 11 is 0. The molecule has 0 spiro atoms. The Morgan fingerprint density at radius 2 is 2.00 bits per heavy atom. The first kappa shape index (κ1) is 15.3. The number of carbonyl (C=O) groups excluding carboxylic acids is 1. The molecule has 6 nitrogen and oxygen atoms in total. The first-order valence-electron chi connectivity index (χ1n) is 6.90. The molecule has 0 unspecified atom stereocenters. The molecule has 1 aliphatic heterocycles. The van der Waals surface area contributed by atoms with Crippen molar-refractivity contribution >= 4 is 11.9 Å². The number of piperidine rings is 1. The van der Waals surface area contributed by atoms with Crippen molar-refractivity contribution in [2.24, 2.45) is 0 Å². The quantitative estimate of drug-likeness (QED) is 0.876. The molecule has 2 rings (SSSR count). The van der Waals surface area contributed by atoms with Gasteiger partial charge in [-0.2, -0.15) is 0 Å². The topological polar surface area (TPSA) is 87.1 Å². The fourth-order valence-corrected chi connectivity index (χ4v) is 2.44. The molecular formula is C15H19NO5. The third-order valence-corrected chi connectivity index (χ3v) is 3.71. The molecule has 1 fully saturated rings. The Labute approximate surface area is 122 Å². The van der Waals surface area contributed by atoms with Crippen LogP contribution < -0.4 is 0 Å². The van der Waals surface area contributed by atoms with Crippen LogP contribution in [0.4, 0.5) is 0 Å². The highest BCUT2D eigenvalue weighted by Crippen LogP contribution is 2.23. The molecule has 21 heavy (non-hydrogen) atoms. The first-order chi connectivity index (χ1) is 9.99. The third kappa shape index (κ3) is 3.72.